The molecule has 0 aliphatic carbocycles. The van der Waals surface area contributed by atoms with Gasteiger partial charge in [0.2, 0.25) is 0 Å². The Morgan fingerprint density at radius 2 is 1.79 bits per heavy atom. The van der Waals surface area contributed by atoms with Gasteiger partial charge >= 0.3 is 0 Å². The first kappa shape index (κ1) is 16.0. The van der Waals surface area contributed by atoms with Crippen molar-refractivity contribution in [1.82, 2.24) is 5.32 Å². The van der Waals surface area contributed by atoms with Gasteiger partial charge in [-0.2, -0.15) is 0 Å². The van der Waals surface area contributed by atoms with Gasteiger partial charge in [-0.1, -0.05) is 19.1 Å². The van der Waals surface area contributed by atoms with Crippen molar-refractivity contribution in [3.8, 4) is 5.75 Å². The lowest BCUT2D eigenvalue weighted by atomic mass is 9.94. The van der Waals surface area contributed by atoms with E-state index in [-0.39, 0.29) is 11.8 Å². The second-order valence-corrected chi connectivity index (χ2v) is 7.19. The average Bonchev–Trinajstić information content (AvgIpc) is 2.36. The van der Waals surface area contributed by atoms with Crippen molar-refractivity contribution in [2.45, 2.75) is 25.8 Å². The van der Waals surface area contributed by atoms with Gasteiger partial charge < -0.3 is 10.1 Å². The molecule has 0 aliphatic heterocycles. The molecule has 108 valence electrons. The smallest absolute Gasteiger partial charge is 0.148 e. The summed E-state index contributed by atoms with van der Waals surface area (Å²) in [7, 11) is -1.25. The van der Waals surface area contributed by atoms with Gasteiger partial charge in [0.1, 0.15) is 15.6 Å². The van der Waals surface area contributed by atoms with Crippen LogP contribution in [0, 0.1) is 0 Å². The van der Waals surface area contributed by atoms with E-state index in [4.69, 9.17) is 4.74 Å². The van der Waals surface area contributed by atoms with Gasteiger partial charge in [0.05, 0.1) is 12.9 Å². The normalized spacial score (nSPS) is 14.9. The van der Waals surface area contributed by atoms with Crippen LogP contribution in [0.15, 0.2) is 24.3 Å². The van der Waals surface area contributed by atoms with Crippen molar-refractivity contribution in [3.63, 3.8) is 0 Å². The number of methoxy groups -OCH3 is 1. The molecule has 2 atom stereocenters. The van der Waals surface area contributed by atoms with Crippen LogP contribution in [0.5, 0.6) is 5.75 Å². The highest BCUT2D eigenvalue weighted by molar-refractivity contribution is 7.90. The van der Waals surface area contributed by atoms with Crippen molar-refractivity contribution in [2.24, 2.45) is 0 Å². The molecule has 0 unspecified atom stereocenters. The van der Waals surface area contributed by atoms with E-state index in [1.807, 2.05) is 24.3 Å². The molecule has 5 heteroatoms. The fourth-order valence-corrected chi connectivity index (χ4v) is 2.33. The summed E-state index contributed by atoms with van der Waals surface area (Å²) < 4.78 is 27.3. The first-order chi connectivity index (χ1) is 8.83. The van der Waals surface area contributed by atoms with Crippen LogP contribution in [0.25, 0.3) is 0 Å². The number of hydrogen-bond donors (Lipinski definition) is 1. The predicted octanol–water partition coefficient (Wildman–Crippen LogP) is 1.82. The Kier molecular flexibility index (Phi) is 5.82. The first-order valence-electron chi connectivity index (χ1n) is 6.38. The lowest BCUT2D eigenvalue weighted by molar-refractivity contribution is 0.414. The number of benzene rings is 1. The van der Waals surface area contributed by atoms with E-state index in [2.05, 4.69) is 19.2 Å². The largest absolute Gasteiger partial charge is 0.497 e. The number of hydrogen-bond acceptors (Lipinski definition) is 4. The molecular formula is C14H23NO3S. The van der Waals surface area contributed by atoms with Crippen LogP contribution in [0.3, 0.4) is 0 Å². The minimum absolute atomic E-state index is 0.173. The molecule has 1 aromatic rings. The Labute approximate surface area is 116 Å². The summed E-state index contributed by atoms with van der Waals surface area (Å²) in [5, 5.41) is 3.26. The quantitative estimate of drug-likeness (QED) is 0.830. The molecule has 0 bridgehead atoms. The number of nitrogens with one attached hydrogen (secondary N) is 1. The van der Waals surface area contributed by atoms with Gasteiger partial charge in [0.15, 0.2) is 0 Å². The minimum Gasteiger partial charge on any atom is -0.497 e. The topological polar surface area (TPSA) is 55.4 Å². The van der Waals surface area contributed by atoms with E-state index in [0.717, 1.165) is 5.75 Å². The molecule has 1 rings (SSSR count). The maximum absolute atomic E-state index is 11.1. The van der Waals surface area contributed by atoms with Crippen LogP contribution in [0.2, 0.25) is 0 Å². The minimum atomic E-state index is -2.90. The molecule has 4 nitrogen and oxygen atoms in total. The SMILES string of the molecule is COc1ccc([C@@H](C)[C@@H](C)NCCS(C)(=O)=O)cc1. The van der Waals surface area contributed by atoms with Crippen molar-refractivity contribution < 1.29 is 13.2 Å². The zero-order chi connectivity index (χ0) is 14.5. The molecule has 0 saturated carbocycles. The lowest BCUT2D eigenvalue weighted by Gasteiger charge is -2.21. The molecular weight excluding hydrogens is 262 g/mol. The molecule has 0 fully saturated rings. The van der Waals surface area contributed by atoms with Crippen LogP contribution in [0.4, 0.5) is 0 Å². The molecule has 1 aromatic carbocycles. The molecule has 19 heavy (non-hydrogen) atoms. The third-order valence-electron chi connectivity index (χ3n) is 3.33. The third kappa shape index (κ3) is 5.61. The molecule has 1 N–H and O–H groups in total. The van der Waals surface area contributed by atoms with Gasteiger partial charge in [-0.15, -0.1) is 0 Å². The van der Waals surface area contributed by atoms with Crippen LogP contribution < -0.4 is 10.1 Å². The number of sulfone groups is 1. The predicted molar refractivity (Wildman–Crippen MR) is 78.6 cm³/mol. The van der Waals surface area contributed by atoms with E-state index < -0.39 is 9.84 Å². The fourth-order valence-electron chi connectivity index (χ4n) is 1.84. The van der Waals surface area contributed by atoms with Crippen molar-refractivity contribution >= 4 is 9.84 Å². The Morgan fingerprint density at radius 1 is 1.21 bits per heavy atom. The van der Waals surface area contributed by atoms with Gasteiger partial charge in [-0.05, 0) is 30.5 Å². The van der Waals surface area contributed by atoms with E-state index in [1.165, 1.54) is 11.8 Å². The van der Waals surface area contributed by atoms with E-state index >= 15 is 0 Å². The van der Waals surface area contributed by atoms with Crippen LogP contribution in [-0.4, -0.2) is 40.1 Å². The van der Waals surface area contributed by atoms with Gasteiger partial charge in [0, 0.05) is 18.8 Å². The second-order valence-electron chi connectivity index (χ2n) is 4.93. The van der Waals surface area contributed by atoms with Gasteiger partial charge in [-0.3, -0.25) is 0 Å². The summed E-state index contributed by atoms with van der Waals surface area (Å²) in [6.45, 7) is 4.68. The van der Waals surface area contributed by atoms with Crippen molar-refractivity contribution in [3.05, 3.63) is 29.8 Å². The Hall–Kier alpha value is -1.07. The first-order valence-corrected chi connectivity index (χ1v) is 8.44. The third-order valence-corrected chi connectivity index (χ3v) is 4.28. The van der Waals surface area contributed by atoms with Gasteiger partial charge in [-0.25, -0.2) is 8.42 Å². The molecule has 0 radical (unpaired) electrons. The molecule has 0 aliphatic rings. The lowest BCUT2D eigenvalue weighted by Crippen LogP contribution is -2.34. The standard InChI is InChI=1S/C14H23NO3S/c1-11(12(2)15-9-10-19(4,16)17)13-5-7-14(18-3)8-6-13/h5-8,11-12,15H,9-10H2,1-4H3/t11-,12+/m0/s1. The van der Waals surface area contributed by atoms with E-state index in [9.17, 15) is 8.42 Å². The zero-order valence-electron chi connectivity index (χ0n) is 12.0. The summed E-state index contributed by atoms with van der Waals surface area (Å²) in [5.41, 5.74) is 1.21. The molecule has 0 saturated heterocycles. The Morgan fingerprint density at radius 3 is 2.26 bits per heavy atom. The van der Waals surface area contributed by atoms with Crippen molar-refractivity contribution in [1.29, 1.82) is 0 Å². The van der Waals surface area contributed by atoms with Crippen molar-refractivity contribution in [2.75, 3.05) is 25.7 Å². The van der Waals surface area contributed by atoms with Crippen LogP contribution in [0.1, 0.15) is 25.3 Å². The number of rotatable bonds is 7. The van der Waals surface area contributed by atoms with Gasteiger partial charge in [0.25, 0.3) is 0 Å². The summed E-state index contributed by atoms with van der Waals surface area (Å²) in [6, 6.07) is 8.18. The Balaban J connectivity index is 2.53. The monoisotopic (exact) mass is 285 g/mol. The summed E-state index contributed by atoms with van der Waals surface area (Å²) in [4.78, 5) is 0. The fraction of sp³-hybridized carbons (Fsp3) is 0.571. The summed E-state index contributed by atoms with van der Waals surface area (Å²) >= 11 is 0. The molecule has 0 aromatic heterocycles. The second kappa shape index (κ2) is 6.91. The molecule has 0 spiro atoms. The molecule has 0 amide bonds. The maximum atomic E-state index is 11.1. The highest BCUT2D eigenvalue weighted by atomic mass is 32.2. The van der Waals surface area contributed by atoms with E-state index in [1.54, 1.807) is 7.11 Å². The number of ether oxygens (including phenoxy) is 1. The van der Waals surface area contributed by atoms with Crippen LogP contribution in [-0.2, 0) is 9.84 Å². The molecule has 0 heterocycles. The van der Waals surface area contributed by atoms with Crippen LogP contribution >= 0.6 is 0 Å². The maximum Gasteiger partial charge on any atom is 0.148 e. The Bertz CT molecular complexity index is 482. The highest BCUT2D eigenvalue weighted by Gasteiger charge is 2.14. The van der Waals surface area contributed by atoms with E-state index in [0.29, 0.717) is 12.5 Å². The highest BCUT2D eigenvalue weighted by Crippen LogP contribution is 2.21. The zero-order valence-corrected chi connectivity index (χ0v) is 12.8. The average molecular weight is 285 g/mol. The summed E-state index contributed by atoms with van der Waals surface area (Å²) in [5.74, 6) is 1.33. The summed E-state index contributed by atoms with van der Waals surface area (Å²) in [6.07, 6.45) is 1.26.